The number of halogens is 2. The first-order valence-corrected chi connectivity index (χ1v) is 5.64. The molecule has 2 rings (SSSR count). The van der Waals surface area contributed by atoms with Gasteiger partial charge in [-0.25, -0.2) is 8.78 Å². The zero-order valence-corrected chi connectivity index (χ0v) is 9.94. The van der Waals surface area contributed by atoms with E-state index >= 15 is 0 Å². The van der Waals surface area contributed by atoms with E-state index < -0.39 is 17.5 Å². The maximum absolute atomic E-state index is 13.3. The quantitative estimate of drug-likeness (QED) is 0.838. The first-order valence-electron chi connectivity index (χ1n) is 5.64. The van der Waals surface area contributed by atoms with Crippen LogP contribution in [0.2, 0.25) is 0 Å². The highest BCUT2D eigenvalue weighted by Gasteiger charge is 2.05. The molecule has 19 heavy (non-hydrogen) atoms. The Morgan fingerprint density at radius 1 is 1.05 bits per heavy atom. The van der Waals surface area contributed by atoms with Crippen molar-refractivity contribution in [3.63, 3.8) is 0 Å². The van der Waals surface area contributed by atoms with E-state index in [1.165, 1.54) is 12.1 Å². The molecular weight excluding hydrogens is 248 g/mol. The molecule has 0 fully saturated rings. The summed E-state index contributed by atoms with van der Waals surface area (Å²) in [6.07, 6.45) is 2.90. The van der Waals surface area contributed by atoms with Crippen molar-refractivity contribution < 1.29 is 13.6 Å². The largest absolute Gasteiger partial charge is 0.320 e. The minimum atomic E-state index is -0.804. The number of carbonyl (C=O) groups is 1. The molecule has 2 aromatic rings. The van der Waals surface area contributed by atoms with Gasteiger partial charge in [0.2, 0.25) is 5.91 Å². The molecule has 0 atom stereocenters. The van der Waals surface area contributed by atoms with E-state index in [0.717, 1.165) is 17.7 Å². The third-order valence-electron chi connectivity index (χ3n) is 2.42. The van der Waals surface area contributed by atoms with Gasteiger partial charge in [-0.1, -0.05) is 30.3 Å². The van der Waals surface area contributed by atoms with Crippen LogP contribution < -0.4 is 5.32 Å². The van der Waals surface area contributed by atoms with Crippen LogP contribution in [0.15, 0.2) is 54.6 Å². The second-order valence-corrected chi connectivity index (χ2v) is 3.86. The van der Waals surface area contributed by atoms with Gasteiger partial charge in [0.25, 0.3) is 0 Å². The summed E-state index contributed by atoms with van der Waals surface area (Å²) in [5, 5.41) is 2.34. The fraction of sp³-hybridized carbons (Fsp3) is 0. The summed E-state index contributed by atoms with van der Waals surface area (Å²) in [6.45, 7) is 0. The molecule has 1 N–H and O–H groups in total. The summed E-state index contributed by atoms with van der Waals surface area (Å²) in [5.41, 5.74) is 0.807. The first-order chi connectivity index (χ1) is 9.15. The van der Waals surface area contributed by atoms with Crippen molar-refractivity contribution in [2.45, 2.75) is 0 Å². The van der Waals surface area contributed by atoms with Gasteiger partial charge in [0, 0.05) is 12.1 Å². The van der Waals surface area contributed by atoms with Crippen LogP contribution >= 0.6 is 0 Å². The number of carbonyl (C=O) groups excluding carboxylic acids is 1. The molecule has 0 aliphatic heterocycles. The smallest absolute Gasteiger partial charge is 0.248 e. The number of anilines is 1. The van der Waals surface area contributed by atoms with Crippen LogP contribution in [0.4, 0.5) is 14.5 Å². The minimum Gasteiger partial charge on any atom is -0.320 e. The van der Waals surface area contributed by atoms with Crippen LogP contribution in [0.5, 0.6) is 0 Å². The Morgan fingerprint density at radius 3 is 2.47 bits per heavy atom. The van der Waals surface area contributed by atoms with Crippen LogP contribution in [0.3, 0.4) is 0 Å². The summed E-state index contributed by atoms with van der Waals surface area (Å²) >= 11 is 0. The molecule has 0 aliphatic carbocycles. The lowest BCUT2D eigenvalue weighted by Gasteiger charge is -2.03. The van der Waals surface area contributed by atoms with Crippen molar-refractivity contribution in [3.8, 4) is 0 Å². The van der Waals surface area contributed by atoms with Crippen molar-refractivity contribution in [1.29, 1.82) is 0 Å². The summed E-state index contributed by atoms with van der Waals surface area (Å²) in [7, 11) is 0. The molecule has 0 aliphatic rings. The fourth-order valence-electron chi connectivity index (χ4n) is 1.50. The summed E-state index contributed by atoms with van der Waals surface area (Å²) in [6, 6.07) is 12.2. The van der Waals surface area contributed by atoms with Gasteiger partial charge in [0.15, 0.2) is 0 Å². The molecule has 0 saturated heterocycles. The van der Waals surface area contributed by atoms with Crippen LogP contribution in [0.25, 0.3) is 6.08 Å². The number of nitrogens with one attached hydrogen (secondary N) is 1. The van der Waals surface area contributed by atoms with Gasteiger partial charge in [-0.2, -0.15) is 0 Å². The van der Waals surface area contributed by atoms with Gasteiger partial charge in [-0.05, 0) is 23.8 Å². The van der Waals surface area contributed by atoms with Crippen molar-refractivity contribution in [2.24, 2.45) is 0 Å². The Hall–Kier alpha value is -2.49. The maximum Gasteiger partial charge on any atom is 0.248 e. The average Bonchev–Trinajstić information content (AvgIpc) is 2.41. The van der Waals surface area contributed by atoms with E-state index in [0.29, 0.717) is 0 Å². The van der Waals surface area contributed by atoms with Gasteiger partial charge in [0.05, 0.1) is 5.69 Å². The van der Waals surface area contributed by atoms with Gasteiger partial charge in [0.1, 0.15) is 11.6 Å². The normalized spacial score (nSPS) is 10.6. The molecule has 0 saturated carbocycles. The van der Waals surface area contributed by atoms with Gasteiger partial charge in [-0.3, -0.25) is 4.79 Å². The molecule has 0 radical (unpaired) electrons. The number of hydrogen-bond acceptors (Lipinski definition) is 1. The fourth-order valence-corrected chi connectivity index (χ4v) is 1.50. The van der Waals surface area contributed by atoms with E-state index in [1.54, 1.807) is 6.08 Å². The summed E-state index contributed by atoms with van der Waals surface area (Å²) in [4.78, 5) is 11.6. The standard InChI is InChI=1S/C15H11F2NO/c16-12-7-8-14(13(17)10-12)18-15(19)9-6-11-4-2-1-3-5-11/h1-10H,(H,18,19)/b9-6+. The van der Waals surface area contributed by atoms with Crippen molar-refractivity contribution in [1.82, 2.24) is 0 Å². The van der Waals surface area contributed by atoms with E-state index in [4.69, 9.17) is 0 Å². The molecule has 4 heteroatoms. The molecule has 0 unspecified atom stereocenters. The zero-order chi connectivity index (χ0) is 13.7. The molecule has 0 bridgehead atoms. The Morgan fingerprint density at radius 2 is 1.79 bits per heavy atom. The third kappa shape index (κ3) is 3.74. The predicted molar refractivity (Wildman–Crippen MR) is 70.5 cm³/mol. The number of rotatable bonds is 3. The lowest BCUT2D eigenvalue weighted by molar-refractivity contribution is -0.111. The van der Waals surface area contributed by atoms with Crippen LogP contribution in [-0.2, 0) is 4.79 Å². The van der Waals surface area contributed by atoms with E-state index in [9.17, 15) is 13.6 Å². The third-order valence-corrected chi connectivity index (χ3v) is 2.42. The Bertz CT molecular complexity index is 609. The topological polar surface area (TPSA) is 29.1 Å². The number of amides is 1. The molecule has 0 aromatic heterocycles. The average molecular weight is 259 g/mol. The highest BCUT2D eigenvalue weighted by atomic mass is 19.1. The van der Waals surface area contributed by atoms with Crippen LogP contribution in [0.1, 0.15) is 5.56 Å². The number of hydrogen-bond donors (Lipinski definition) is 1. The molecule has 0 spiro atoms. The van der Waals surface area contributed by atoms with Crippen molar-refractivity contribution in [2.75, 3.05) is 5.32 Å². The summed E-state index contributed by atoms with van der Waals surface area (Å²) < 4.78 is 26.0. The van der Waals surface area contributed by atoms with Crippen LogP contribution in [-0.4, -0.2) is 5.91 Å². The molecule has 2 aromatic carbocycles. The van der Waals surface area contributed by atoms with E-state index in [2.05, 4.69) is 5.32 Å². The lowest BCUT2D eigenvalue weighted by atomic mass is 10.2. The van der Waals surface area contributed by atoms with Crippen molar-refractivity contribution >= 4 is 17.7 Å². The highest BCUT2D eigenvalue weighted by Crippen LogP contribution is 2.14. The van der Waals surface area contributed by atoms with Crippen molar-refractivity contribution in [3.05, 3.63) is 71.8 Å². The van der Waals surface area contributed by atoms with Gasteiger partial charge < -0.3 is 5.32 Å². The lowest BCUT2D eigenvalue weighted by Crippen LogP contribution is -2.09. The molecule has 0 heterocycles. The summed E-state index contributed by atoms with van der Waals surface area (Å²) in [5.74, 6) is -1.97. The Labute approximate surface area is 109 Å². The second kappa shape index (κ2) is 5.91. The first kappa shape index (κ1) is 13.0. The Balaban J connectivity index is 2.04. The maximum atomic E-state index is 13.3. The van der Waals surface area contributed by atoms with Gasteiger partial charge in [-0.15, -0.1) is 0 Å². The molecular formula is C15H11F2NO. The van der Waals surface area contributed by atoms with E-state index in [1.807, 2.05) is 30.3 Å². The Kier molecular flexibility index (Phi) is 4.03. The molecule has 96 valence electrons. The molecule has 1 amide bonds. The van der Waals surface area contributed by atoms with Crippen LogP contribution in [0, 0.1) is 11.6 Å². The monoisotopic (exact) mass is 259 g/mol. The second-order valence-electron chi connectivity index (χ2n) is 3.86. The number of benzene rings is 2. The molecule has 2 nitrogen and oxygen atoms in total. The highest BCUT2D eigenvalue weighted by molar-refractivity contribution is 6.01. The zero-order valence-electron chi connectivity index (χ0n) is 9.94. The van der Waals surface area contributed by atoms with E-state index in [-0.39, 0.29) is 5.69 Å². The van der Waals surface area contributed by atoms with Gasteiger partial charge >= 0.3 is 0 Å². The minimum absolute atomic E-state index is 0.0517. The predicted octanol–water partition coefficient (Wildman–Crippen LogP) is 3.62. The SMILES string of the molecule is O=C(/C=C/c1ccccc1)Nc1ccc(F)cc1F.